The van der Waals surface area contributed by atoms with Crippen molar-refractivity contribution in [1.82, 2.24) is 19.7 Å². The molecule has 11 heteroatoms. The average Bonchev–Trinajstić information content (AvgIpc) is 3.26. The standard InChI is InChI=1S/C17H15BrN6O4/c1-9-19-14(24(26)27)7-23(9)8-15(25)20-13-5-4-11(18)6-12(13)17-21-16(22-28-17)10-2-3-10/h4-7,10H,2-3,8H2,1H3,(H,20,25). The van der Waals surface area contributed by atoms with Gasteiger partial charge in [0.15, 0.2) is 5.82 Å². The molecule has 144 valence electrons. The van der Waals surface area contributed by atoms with Crippen molar-refractivity contribution in [2.75, 3.05) is 5.32 Å². The van der Waals surface area contributed by atoms with Crippen molar-refractivity contribution in [2.45, 2.75) is 32.2 Å². The van der Waals surface area contributed by atoms with Crippen LogP contribution in [0.4, 0.5) is 11.5 Å². The zero-order valence-corrected chi connectivity index (χ0v) is 16.3. The molecule has 0 aliphatic heterocycles. The number of carbonyl (C=O) groups is 1. The number of benzene rings is 1. The maximum atomic E-state index is 12.5. The first-order chi connectivity index (χ1) is 13.4. The molecule has 0 radical (unpaired) electrons. The van der Waals surface area contributed by atoms with Gasteiger partial charge in [0, 0.05) is 17.3 Å². The smallest absolute Gasteiger partial charge is 0.358 e. The molecule has 1 aliphatic rings. The molecule has 28 heavy (non-hydrogen) atoms. The van der Waals surface area contributed by atoms with E-state index in [9.17, 15) is 14.9 Å². The number of halogens is 1. The number of carbonyl (C=O) groups excluding carboxylic acids is 1. The molecular weight excluding hydrogens is 432 g/mol. The van der Waals surface area contributed by atoms with Crippen LogP contribution in [-0.2, 0) is 11.3 Å². The van der Waals surface area contributed by atoms with E-state index < -0.39 is 4.92 Å². The summed E-state index contributed by atoms with van der Waals surface area (Å²) < 4.78 is 7.59. The predicted molar refractivity (Wildman–Crippen MR) is 102 cm³/mol. The fraction of sp³-hybridized carbons (Fsp3) is 0.294. The summed E-state index contributed by atoms with van der Waals surface area (Å²) in [6.45, 7) is 1.49. The van der Waals surface area contributed by atoms with Gasteiger partial charge in [-0.1, -0.05) is 21.1 Å². The first kappa shape index (κ1) is 18.3. The largest absolute Gasteiger partial charge is 0.381 e. The van der Waals surface area contributed by atoms with Crippen LogP contribution in [0.5, 0.6) is 0 Å². The molecule has 4 rings (SSSR count). The van der Waals surface area contributed by atoms with E-state index in [1.807, 2.05) is 0 Å². The highest BCUT2D eigenvalue weighted by Gasteiger charge is 2.29. The van der Waals surface area contributed by atoms with Gasteiger partial charge in [-0.15, -0.1) is 0 Å². The molecule has 0 unspecified atom stereocenters. The van der Waals surface area contributed by atoms with Crippen molar-refractivity contribution in [2.24, 2.45) is 0 Å². The van der Waals surface area contributed by atoms with Crippen molar-refractivity contribution in [3.05, 3.63) is 50.6 Å². The van der Waals surface area contributed by atoms with E-state index in [4.69, 9.17) is 4.52 Å². The molecule has 2 heterocycles. The SMILES string of the molecule is Cc1nc([N+](=O)[O-])cn1CC(=O)Nc1ccc(Br)cc1-c1nc(C2CC2)no1. The third-order valence-corrected chi connectivity index (χ3v) is 4.83. The number of aromatic nitrogens is 4. The summed E-state index contributed by atoms with van der Waals surface area (Å²) in [5, 5.41) is 17.6. The van der Waals surface area contributed by atoms with Crippen LogP contribution in [0, 0.1) is 17.0 Å². The van der Waals surface area contributed by atoms with Crippen molar-refractivity contribution in [3.63, 3.8) is 0 Å². The summed E-state index contributed by atoms with van der Waals surface area (Å²) in [4.78, 5) is 31.0. The number of anilines is 1. The van der Waals surface area contributed by atoms with Crippen molar-refractivity contribution < 1.29 is 14.2 Å². The van der Waals surface area contributed by atoms with Gasteiger partial charge in [0.2, 0.25) is 11.7 Å². The molecule has 0 spiro atoms. The number of nitrogens with one attached hydrogen (secondary N) is 1. The fourth-order valence-electron chi connectivity index (χ4n) is 2.74. The van der Waals surface area contributed by atoms with Crippen LogP contribution in [0.15, 0.2) is 33.4 Å². The molecule has 2 aromatic heterocycles. The van der Waals surface area contributed by atoms with Crippen molar-refractivity contribution in [1.29, 1.82) is 0 Å². The zero-order valence-electron chi connectivity index (χ0n) is 14.8. The summed E-state index contributed by atoms with van der Waals surface area (Å²) in [7, 11) is 0. The molecule has 1 N–H and O–H groups in total. The summed E-state index contributed by atoms with van der Waals surface area (Å²) >= 11 is 3.41. The van der Waals surface area contributed by atoms with E-state index in [2.05, 4.69) is 36.4 Å². The van der Waals surface area contributed by atoms with E-state index in [1.54, 1.807) is 25.1 Å². The monoisotopic (exact) mass is 446 g/mol. The predicted octanol–water partition coefficient (Wildman–Crippen LogP) is 3.43. The van der Waals surface area contributed by atoms with Crippen LogP contribution >= 0.6 is 15.9 Å². The summed E-state index contributed by atoms with van der Waals surface area (Å²) in [6.07, 6.45) is 3.34. The molecular formula is C17H15BrN6O4. The van der Waals surface area contributed by atoms with Crippen LogP contribution in [0.3, 0.4) is 0 Å². The molecule has 10 nitrogen and oxygen atoms in total. The van der Waals surface area contributed by atoms with E-state index in [0.29, 0.717) is 34.7 Å². The molecule has 0 bridgehead atoms. The first-order valence-corrected chi connectivity index (χ1v) is 9.31. The van der Waals surface area contributed by atoms with Gasteiger partial charge in [-0.3, -0.25) is 9.36 Å². The highest BCUT2D eigenvalue weighted by Crippen LogP contribution is 2.39. The lowest BCUT2D eigenvalue weighted by atomic mass is 10.1. The summed E-state index contributed by atoms with van der Waals surface area (Å²) in [6, 6.07) is 5.29. The molecule has 0 saturated heterocycles. The number of hydrogen-bond acceptors (Lipinski definition) is 7. The Hall–Kier alpha value is -3.08. The Kier molecular flexibility index (Phi) is 4.67. The van der Waals surface area contributed by atoms with E-state index in [0.717, 1.165) is 17.3 Å². The van der Waals surface area contributed by atoms with Gasteiger partial charge in [0.1, 0.15) is 12.7 Å². The van der Waals surface area contributed by atoms with Gasteiger partial charge in [0.25, 0.3) is 5.89 Å². The molecule has 1 saturated carbocycles. The normalized spacial score (nSPS) is 13.5. The Labute approximate surface area is 167 Å². The number of aryl methyl sites for hydroxylation is 1. The highest BCUT2D eigenvalue weighted by molar-refractivity contribution is 9.10. The molecule has 0 atom stereocenters. The second kappa shape index (κ2) is 7.15. The number of amides is 1. The van der Waals surface area contributed by atoms with Crippen molar-refractivity contribution in [3.8, 4) is 11.5 Å². The van der Waals surface area contributed by atoms with Gasteiger partial charge >= 0.3 is 5.82 Å². The Balaban J connectivity index is 1.55. The second-order valence-electron chi connectivity index (χ2n) is 6.50. The highest BCUT2D eigenvalue weighted by atomic mass is 79.9. The van der Waals surface area contributed by atoms with Crippen LogP contribution in [0.25, 0.3) is 11.5 Å². The van der Waals surface area contributed by atoms with Gasteiger partial charge in [-0.2, -0.15) is 4.98 Å². The maximum absolute atomic E-state index is 12.5. The number of nitrogens with zero attached hydrogens (tertiary/aromatic N) is 5. The quantitative estimate of drug-likeness (QED) is 0.453. The van der Waals surface area contributed by atoms with Crippen molar-refractivity contribution >= 4 is 33.3 Å². The lowest BCUT2D eigenvalue weighted by Gasteiger charge is -2.09. The van der Waals surface area contributed by atoms with Gasteiger partial charge < -0.3 is 20.0 Å². The zero-order chi connectivity index (χ0) is 19.8. The summed E-state index contributed by atoms with van der Waals surface area (Å²) in [5.74, 6) is 1.07. The number of nitro groups is 1. The Morgan fingerprint density at radius 2 is 2.21 bits per heavy atom. The number of imidazole rings is 1. The van der Waals surface area contributed by atoms with E-state index in [1.165, 1.54) is 10.8 Å². The first-order valence-electron chi connectivity index (χ1n) is 8.52. The maximum Gasteiger partial charge on any atom is 0.381 e. The fourth-order valence-corrected chi connectivity index (χ4v) is 3.10. The Morgan fingerprint density at radius 3 is 2.89 bits per heavy atom. The van der Waals surface area contributed by atoms with E-state index >= 15 is 0 Å². The van der Waals surface area contributed by atoms with Gasteiger partial charge in [-0.25, -0.2) is 0 Å². The van der Waals surface area contributed by atoms with Gasteiger partial charge in [-0.05, 0) is 40.9 Å². The lowest BCUT2D eigenvalue weighted by molar-refractivity contribution is -0.389. The minimum Gasteiger partial charge on any atom is -0.358 e. The topological polar surface area (TPSA) is 129 Å². The van der Waals surface area contributed by atoms with Crippen LogP contribution in [0.1, 0.15) is 30.4 Å². The Morgan fingerprint density at radius 1 is 1.43 bits per heavy atom. The third kappa shape index (κ3) is 3.79. The molecule has 3 aromatic rings. The molecule has 1 fully saturated rings. The van der Waals surface area contributed by atoms with Crippen LogP contribution < -0.4 is 5.32 Å². The van der Waals surface area contributed by atoms with E-state index in [-0.39, 0.29) is 18.3 Å². The molecule has 1 amide bonds. The Bertz CT molecular complexity index is 1070. The molecule has 1 aromatic carbocycles. The third-order valence-electron chi connectivity index (χ3n) is 4.33. The average molecular weight is 447 g/mol. The summed E-state index contributed by atoms with van der Waals surface area (Å²) in [5.41, 5.74) is 1.10. The van der Waals surface area contributed by atoms with Crippen LogP contribution in [0.2, 0.25) is 0 Å². The minimum atomic E-state index is -0.596. The van der Waals surface area contributed by atoms with Gasteiger partial charge in [0.05, 0.1) is 11.3 Å². The number of rotatable bonds is 6. The van der Waals surface area contributed by atoms with Crippen LogP contribution in [-0.4, -0.2) is 30.5 Å². The minimum absolute atomic E-state index is 0.112. The molecule has 1 aliphatic carbocycles. The lowest BCUT2D eigenvalue weighted by Crippen LogP contribution is -2.19. The second-order valence-corrected chi connectivity index (χ2v) is 7.42. The number of hydrogen-bond donors (Lipinski definition) is 1.